The predicted molar refractivity (Wildman–Crippen MR) is 220 cm³/mol. The van der Waals surface area contributed by atoms with Crippen LogP contribution >= 0.6 is 0 Å². The maximum Gasteiger partial charge on any atom is 0.150 e. The third-order valence-electron chi connectivity index (χ3n) is 10.7. The van der Waals surface area contributed by atoms with Crippen LogP contribution in [0.5, 0.6) is 0 Å². The first kappa shape index (κ1) is 30.1. The molecule has 0 atom stereocenters. The molecule has 0 saturated heterocycles. The minimum atomic E-state index is 0.670. The summed E-state index contributed by atoms with van der Waals surface area (Å²) in [5.41, 5.74) is 12.2. The molecule has 0 fully saturated rings. The summed E-state index contributed by atoms with van der Waals surface area (Å²) in [6.07, 6.45) is 0.934. The normalized spacial score (nSPS) is 11.6. The van der Waals surface area contributed by atoms with Gasteiger partial charge in [-0.3, -0.25) is 4.79 Å². The lowest BCUT2D eigenvalue weighted by molar-refractivity contribution is 0.112. The number of fused-ring (bicyclic) bond motifs is 9. The van der Waals surface area contributed by atoms with Gasteiger partial charge in [-0.25, -0.2) is 0 Å². The van der Waals surface area contributed by atoms with E-state index in [2.05, 4.69) is 175 Å². The number of carbonyl (C=O) groups excluding carboxylic acids is 1. The molecular formula is C50H33NO. The number of nitrogens with zero attached hydrogens (tertiary/aromatic N) is 1. The van der Waals surface area contributed by atoms with Crippen molar-refractivity contribution in [2.45, 2.75) is 6.92 Å². The number of carbonyl (C=O) groups is 1. The zero-order valence-corrected chi connectivity index (χ0v) is 28.7. The van der Waals surface area contributed by atoms with Gasteiger partial charge in [0.1, 0.15) is 6.29 Å². The standard InChI is InChI=1S/C50H33NO/c1-32-9-6-10-34(25-32)37-13-8-14-40(28-37)51-49-23-19-33(31-52)26-47(49)48-30-39(21-24-50(48)51)36-12-7-11-35(27-36)38-20-22-45-43-17-3-2-15-41(43)42-16-4-5-18-44(42)46(45)29-38/h2-31H,1H3. The minimum absolute atomic E-state index is 0.670. The van der Waals surface area contributed by atoms with Crippen molar-refractivity contribution in [1.82, 2.24) is 4.57 Å². The van der Waals surface area contributed by atoms with Crippen molar-refractivity contribution in [3.05, 3.63) is 187 Å². The molecule has 0 bridgehead atoms. The third-order valence-corrected chi connectivity index (χ3v) is 10.7. The van der Waals surface area contributed by atoms with E-state index in [-0.39, 0.29) is 0 Å². The first-order chi connectivity index (χ1) is 25.6. The van der Waals surface area contributed by atoms with E-state index in [1.165, 1.54) is 60.1 Å². The summed E-state index contributed by atoms with van der Waals surface area (Å²) in [4.78, 5) is 12.0. The van der Waals surface area contributed by atoms with E-state index >= 15 is 0 Å². The molecule has 0 saturated carbocycles. The summed E-state index contributed by atoms with van der Waals surface area (Å²) >= 11 is 0. The van der Waals surface area contributed by atoms with Gasteiger partial charge in [-0.15, -0.1) is 0 Å². The Bertz CT molecular complexity index is 3020. The highest BCUT2D eigenvalue weighted by molar-refractivity contribution is 6.25. The minimum Gasteiger partial charge on any atom is -0.309 e. The van der Waals surface area contributed by atoms with Crippen LogP contribution in [0.25, 0.3) is 93.2 Å². The first-order valence-corrected chi connectivity index (χ1v) is 17.8. The second-order valence-electron chi connectivity index (χ2n) is 13.8. The summed E-state index contributed by atoms with van der Waals surface area (Å²) in [6.45, 7) is 2.13. The largest absolute Gasteiger partial charge is 0.309 e. The summed E-state index contributed by atoms with van der Waals surface area (Å²) in [7, 11) is 0. The molecule has 0 amide bonds. The van der Waals surface area contributed by atoms with Gasteiger partial charge in [0.15, 0.2) is 0 Å². The lowest BCUT2D eigenvalue weighted by Crippen LogP contribution is -1.94. The van der Waals surface area contributed by atoms with E-state index in [0.29, 0.717) is 5.56 Å². The number of hydrogen-bond donors (Lipinski definition) is 0. The van der Waals surface area contributed by atoms with Gasteiger partial charge >= 0.3 is 0 Å². The van der Waals surface area contributed by atoms with Gasteiger partial charge in [0.25, 0.3) is 0 Å². The van der Waals surface area contributed by atoms with E-state index in [0.717, 1.165) is 44.9 Å². The zero-order valence-electron chi connectivity index (χ0n) is 28.7. The fraction of sp³-hybridized carbons (Fsp3) is 0.0200. The Morgan fingerprint density at radius 2 is 0.846 bits per heavy atom. The Labute approximate surface area is 301 Å². The molecule has 0 aliphatic heterocycles. The van der Waals surface area contributed by atoms with Crippen LogP contribution < -0.4 is 0 Å². The summed E-state index contributed by atoms with van der Waals surface area (Å²) in [5.74, 6) is 0. The average Bonchev–Trinajstić information content (AvgIpc) is 3.54. The summed E-state index contributed by atoms with van der Waals surface area (Å²) in [5, 5.41) is 9.84. The second-order valence-corrected chi connectivity index (χ2v) is 13.8. The van der Waals surface area contributed by atoms with Crippen molar-refractivity contribution in [3.8, 4) is 39.1 Å². The van der Waals surface area contributed by atoms with Crippen molar-refractivity contribution in [2.24, 2.45) is 0 Å². The van der Waals surface area contributed by atoms with Crippen LogP contribution in [0.4, 0.5) is 0 Å². The van der Waals surface area contributed by atoms with Crippen molar-refractivity contribution in [2.75, 3.05) is 0 Å². The lowest BCUT2D eigenvalue weighted by Gasteiger charge is -2.13. The third kappa shape index (κ3) is 4.84. The molecule has 9 aromatic carbocycles. The van der Waals surface area contributed by atoms with Crippen LogP contribution in [-0.4, -0.2) is 10.9 Å². The SMILES string of the molecule is Cc1cccc(-c2cccc(-n3c4ccc(C=O)cc4c4cc(-c5cccc(-c6ccc7c8ccccc8c8ccccc8c7c6)c5)ccc43)c2)c1. The average molecular weight is 664 g/mol. The van der Waals surface area contributed by atoms with Crippen LogP contribution in [0.1, 0.15) is 15.9 Å². The molecule has 244 valence electrons. The number of aldehydes is 1. The zero-order chi connectivity index (χ0) is 34.8. The molecule has 0 aliphatic rings. The van der Waals surface area contributed by atoms with E-state index in [1.807, 2.05) is 12.1 Å². The van der Waals surface area contributed by atoms with E-state index < -0.39 is 0 Å². The molecule has 1 heterocycles. The maximum absolute atomic E-state index is 12.0. The molecule has 0 spiro atoms. The molecular weight excluding hydrogens is 631 g/mol. The molecule has 2 nitrogen and oxygen atoms in total. The molecule has 0 unspecified atom stereocenters. The number of benzene rings is 9. The summed E-state index contributed by atoms with van der Waals surface area (Å²) in [6, 6.07) is 63.3. The Morgan fingerprint density at radius 1 is 0.365 bits per heavy atom. The van der Waals surface area contributed by atoms with Crippen LogP contribution in [0.2, 0.25) is 0 Å². The number of rotatable bonds is 5. The fourth-order valence-electron chi connectivity index (χ4n) is 8.19. The van der Waals surface area contributed by atoms with E-state index in [1.54, 1.807) is 0 Å². The van der Waals surface area contributed by atoms with Gasteiger partial charge in [0.2, 0.25) is 0 Å². The Balaban J connectivity index is 1.12. The smallest absolute Gasteiger partial charge is 0.150 e. The molecule has 0 radical (unpaired) electrons. The summed E-state index contributed by atoms with van der Waals surface area (Å²) < 4.78 is 2.32. The van der Waals surface area contributed by atoms with Gasteiger partial charge in [-0.1, -0.05) is 127 Å². The predicted octanol–water partition coefficient (Wildman–Crippen LogP) is 13.4. The molecule has 1 aromatic heterocycles. The highest BCUT2D eigenvalue weighted by atomic mass is 16.1. The van der Waals surface area contributed by atoms with Crippen molar-refractivity contribution >= 4 is 60.4 Å². The quantitative estimate of drug-likeness (QED) is 0.133. The van der Waals surface area contributed by atoms with Crippen LogP contribution in [0.15, 0.2) is 176 Å². The van der Waals surface area contributed by atoms with Gasteiger partial charge < -0.3 is 4.57 Å². The van der Waals surface area contributed by atoms with Crippen molar-refractivity contribution < 1.29 is 4.79 Å². The van der Waals surface area contributed by atoms with Gasteiger partial charge in [-0.05, 0) is 127 Å². The Kier molecular flexibility index (Phi) is 6.90. The highest BCUT2D eigenvalue weighted by Gasteiger charge is 2.16. The second kappa shape index (κ2) is 11.9. The first-order valence-electron chi connectivity index (χ1n) is 17.8. The number of hydrogen-bond acceptors (Lipinski definition) is 1. The monoisotopic (exact) mass is 663 g/mol. The molecule has 2 heteroatoms. The van der Waals surface area contributed by atoms with Crippen LogP contribution in [0.3, 0.4) is 0 Å². The fourth-order valence-corrected chi connectivity index (χ4v) is 8.19. The van der Waals surface area contributed by atoms with E-state index in [4.69, 9.17) is 0 Å². The van der Waals surface area contributed by atoms with Crippen molar-refractivity contribution in [3.63, 3.8) is 0 Å². The van der Waals surface area contributed by atoms with E-state index in [9.17, 15) is 4.79 Å². The highest BCUT2D eigenvalue weighted by Crippen LogP contribution is 2.39. The Hall–Kier alpha value is -6.77. The molecule has 0 N–H and O–H groups in total. The molecule has 52 heavy (non-hydrogen) atoms. The number of aromatic nitrogens is 1. The topological polar surface area (TPSA) is 22.0 Å². The van der Waals surface area contributed by atoms with Crippen molar-refractivity contribution in [1.29, 1.82) is 0 Å². The lowest BCUT2D eigenvalue weighted by atomic mass is 9.91. The Morgan fingerprint density at radius 3 is 1.50 bits per heavy atom. The van der Waals surface area contributed by atoms with Crippen LogP contribution in [-0.2, 0) is 0 Å². The van der Waals surface area contributed by atoms with Crippen LogP contribution in [0, 0.1) is 6.92 Å². The molecule has 10 aromatic rings. The van der Waals surface area contributed by atoms with Gasteiger partial charge in [-0.2, -0.15) is 0 Å². The number of aryl methyl sites for hydroxylation is 1. The molecule has 0 aliphatic carbocycles. The van der Waals surface area contributed by atoms with Gasteiger partial charge in [0.05, 0.1) is 11.0 Å². The molecule has 10 rings (SSSR count). The maximum atomic E-state index is 12.0. The van der Waals surface area contributed by atoms with Gasteiger partial charge in [0, 0.05) is 22.0 Å².